The van der Waals surface area contributed by atoms with Gasteiger partial charge in [0.2, 0.25) is 0 Å². The summed E-state index contributed by atoms with van der Waals surface area (Å²) in [6.07, 6.45) is 12.0. The molecule has 0 saturated heterocycles. The zero-order valence-corrected chi connectivity index (χ0v) is 10.9. The smallest absolute Gasteiger partial charge is 0.164 e. The first kappa shape index (κ1) is 10.7. The van der Waals surface area contributed by atoms with E-state index in [1.54, 1.807) is 0 Å². The molecule has 2 fully saturated rings. The largest absolute Gasteiger partial charge is 0.427 e. The Morgan fingerprint density at radius 1 is 0.929 bits per heavy atom. The summed E-state index contributed by atoms with van der Waals surface area (Å²) in [5, 5.41) is 0. The van der Waals surface area contributed by atoms with E-state index in [2.05, 4.69) is 0 Å². The Morgan fingerprint density at radius 2 is 1.36 bits per heavy atom. The van der Waals surface area contributed by atoms with Gasteiger partial charge in [-0.05, 0) is 17.4 Å². The van der Waals surface area contributed by atoms with Crippen LogP contribution in [0.2, 0.25) is 5.54 Å². The first-order valence-electron chi connectivity index (χ1n) is 6.40. The molecule has 0 atom stereocenters. The van der Waals surface area contributed by atoms with Gasteiger partial charge in [-0.3, -0.25) is 0 Å². The zero-order valence-electron chi connectivity index (χ0n) is 9.50. The monoisotopic (exact) mass is 212 g/mol. The SMILES string of the molecule is CO[SiH2]C(C1CCCC1)C1CCCC1. The molecule has 82 valence electrons. The summed E-state index contributed by atoms with van der Waals surface area (Å²) < 4.78 is 5.57. The summed E-state index contributed by atoms with van der Waals surface area (Å²) in [5.74, 6) is 2.12. The van der Waals surface area contributed by atoms with E-state index in [1.165, 1.54) is 51.4 Å². The lowest BCUT2D eigenvalue weighted by molar-refractivity contribution is 0.334. The van der Waals surface area contributed by atoms with Crippen molar-refractivity contribution in [3.05, 3.63) is 0 Å². The first-order valence-corrected chi connectivity index (χ1v) is 7.80. The van der Waals surface area contributed by atoms with Gasteiger partial charge in [0, 0.05) is 7.11 Å². The van der Waals surface area contributed by atoms with Crippen LogP contribution in [-0.2, 0) is 4.43 Å². The number of rotatable bonds is 4. The van der Waals surface area contributed by atoms with Gasteiger partial charge in [-0.2, -0.15) is 0 Å². The van der Waals surface area contributed by atoms with Crippen LogP contribution in [0.4, 0.5) is 0 Å². The molecule has 0 aromatic rings. The predicted molar refractivity (Wildman–Crippen MR) is 63.2 cm³/mol. The Labute approximate surface area is 90.6 Å². The van der Waals surface area contributed by atoms with Crippen LogP contribution in [0, 0.1) is 11.8 Å². The summed E-state index contributed by atoms with van der Waals surface area (Å²) in [6.45, 7) is 0. The van der Waals surface area contributed by atoms with E-state index in [0.717, 1.165) is 17.4 Å². The van der Waals surface area contributed by atoms with Crippen molar-refractivity contribution >= 4 is 9.76 Å². The van der Waals surface area contributed by atoms with Gasteiger partial charge in [-0.25, -0.2) is 0 Å². The van der Waals surface area contributed by atoms with Crippen LogP contribution < -0.4 is 0 Å². The van der Waals surface area contributed by atoms with Gasteiger partial charge >= 0.3 is 0 Å². The fraction of sp³-hybridized carbons (Fsp3) is 1.00. The second-order valence-electron chi connectivity index (χ2n) is 5.21. The van der Waals surface area contributed by atoms with Crippen molar-refractivity contribution in [3.63, 3.8) is 0 Å². The minimum Gasteiger partial charge on any atom is -0.427 e. The molecule has 0 aromatic heterocycles. The van der Waals surface area contributed by atoms with E-state index in [9.17, 15) is 0 Å². The molecule has 2 aliphatic carbocycles. The second-order valence-corrected chi connectivity index (χ2v) is 7.06. The highest BCUT2D eigenvalue weighted by Crippen LogP contribution is 2.44. The van der Waals surface area contributed by atoms with Crippen LogP contribution in [-0.4, -0.2) is 16.9 Å². The van der Waals surface area contributed by atoms with E-state index >= 15 is 0 Å². The Bertz CT molecular complexity index is 144. The van der Waals surface area contributed by atoms with Crippen molar-refractivity contribution in [3.8, 4) is 0 Å². The molecule has 0 N–H and O–H groups in total. The van der Waals surface area contributed by atoms with Crippen molar-refractivity contribution < 1.29 is 4.43 Å². The molecule has 2 saturated carbocycles. The standard InChI is InChI=1S/C12H24OSi/c1-13-14-12(10-6-2-3-7-10)11-8-4-5-9-11/h10-12H,2-9,14H2,1H3. The van der Waals surface area contributed by atoms with Gasteiger partial charge in [0.25, 0.3) is 0 Å². The molecule has 2 aliphatic rings. The molecule has 2 rings (SSSR count). The number of hydrogen-bond donors (Lipinski definition) is 0. The molecule has 0 bridgehead atoms. The van der Waals surface area contributed by atoms with E-state index < -0.39 is 0 Å². The van der Waals surface area contributed by atoms with Crippen LogP contribution in [0.25, 0.3) is 0 Å². The summed E-state index contributed by atoms with van der Waals surface area (Å²) in [4.78, 5) is 0. The molecule has 1 nitrogen and oxygen atoms in total. The van der Waals surface area contributed by atoms with Crippen molar-refractivity contribution in [1.82, 2.24) is 0 Å². The summed E-state index contributed by atoms with van der Waals surface area (Å²) >= 11 is 0. The van der Waals surface area contributed by atoms with Gasteiger partial charge in [-0.1, -0.05) is 51.4 Å². The molecule has 0 aromatic carbocycles. The maximum Gasteiger partial charge on any atom is 0.164 e. The van der Waals surface area contributed by atoms with Gasteiger partial charge in [-0.15, -0.1) is 0 Å². The van der Waals surface area contributed by atoms with Gasteiger partial charge in [0.1, 0.15) is 0 Å². The minimum atomic E-state index is -0.223. The van der Waals surface area contributed by atoms with Crippen molar-refractivity contribution in [1.29, 1.82) is 0 Å². The van der Waals surface area contributed by atoms with E-state index in [4.69, 9.17) is 4.43 Å². The lowest BCUT2D eigenvalue weighted by Crippen LogP contribution is -2.21. The fourth-order valence-corrected chi connectivity index (χ4v) is 5.49. The molecule has 2 heteroatoms. The molecule has 0 spiro atoms. The van der Waals surface area contributed by atoms with Crippen LogP contribution in [0.5, 0.6) is 0 Å². The Kier molecular flexibility index (Phi) is 4.06. The predicted octanol–water partition coefficient (Wildman–Crippen LogP) is 2.89. The molecular formula is C12H24OSi. The second kappa shape index (κ2) is 5.31. The van der Waals surface area contributed by atoms with Crippen molar-refractivity contribution in [2.45, 2.75) is 56.9 Å². The third kappa shape index (κ3) is 2.40. The topological polar surface area (TPSA) is 9.23 Å². The molecule has 0 unspecified atom stereocenters. The lowest BCUT2D eigenvalue weighted by Gasteiger charge is -2.27. The Balaban J connectivity index is 1.91. The summed E-state index contributed by atoms with van der Waals surface area (Å²) in [6, 6.07) is 0. The molecule has 0 aliphatic heterocycles. The normalized spacial score (nSPS) is 26.1. The zero-order chi connectivity index (χ0) is 9.80. The third-order valence-electron chi connectivity index (χ3n) is 4.37. The minimum absolute atomic E-state index is 0.223. The average molecular weight is 212 g/mol. The highest BCUT2D eigenvalue weighted by Gasteiger charge is 2.33. The van der Waals surface area contributed by atoms with Crippen molar-refractivity contribution in [2.75, 3.05) is 7.11 Å². The van der Waals surface area contributed by atoms with E-state index in [0.29, 0.717) is 0 Å². The van der Waals surface area contributed by atoms with Gasteiger partial charge < -0.3 is 4.43 Å². The molecule has 14 heavy (non-hydrogen) atoms. The van der Waals surface area contributed by atoms with Gasteiger partial charge in [0.05, 0.1) is 0 Å². The maximum atomic E-state index is 5.57. The summed E-state index contributed by atoms with van der Waals surface area (Å²) in [5.41, 5.74) is 1.03. The quantitative estimate of drug-likeness (QED) is 0.651. The molecule has 0 heterocycles. The maximum absolute atomic E-state index is 5.57. The van der Waals surface area contributed by atoms with Gasteiger partial charge in [0.15, 0.2) is 9.76 Å². The lowest BCUT2D eigenvalue weighted by atomic mass is 9.91. The Hall–Kier alpha value is 0.177. The van der Waals surface area contributed by atoms with E-state index in [-0.39, 0.29) is 9.76 Å². The van der Waals surface area contributed by atoms with Crippen LogP contribution in [0.15, 0.2) is 0 Å². The van der Waals surface area contributed by atoms with E-state index in [1.807, 2.05) is 7.11 Å². The van der Waals surface area contributed by atoms with Crippen molar-refractivity contribution in [2.24, 2.45) is 11.8 Å². The molecule has 0 radical (unpaired) electrons. The van der Waals surface area contributed by atoms with Crippen LogP contribution in [0.3, 0.4) is 0 Å². The van der Waals surface area contributed by atoms with Crippen LogP contribution >= 0.6 is 0 Å². The Morgan fingerprint density at radius 3 is 1.71 bits per heavy atom. The highest BCUT2D eigenvalue weighted by molar-refractivity contribution is 6.29. The third-order valence-corrected chi connectivity index (χ3v) is 6.42. The highest BCUT2D eigenvalue weighted by atomic mass is 28.2. The average Bonchev–Trinajstić information content (AvgIpc) is 2.87. The summed E-state index contributed by atoms with van der Waals surface area (Å²) in [7, 11) is 1.71. The molecular weight excluding hydrogens is 188 g/mol. The van der Waals surface area contributed by atoms with Crippen LogP contribution in [0.1, 0.15) is 51.4 Å². The fourth-order valence-electron chi connectivity index (χ4n) is 3.62. The first-order chi connectivity index (χ1) is 6.92. The molecule has 0 amide bonds. The number of hydrogen-bond acceptors (Lipinski definition) is 1.